The van der Waals surface area contributed by atoms with E-state index in [4.69, 9.17) is 9.47 Å². The molecule has 0 aromatic heterocycles. The van der Waals surface area contributed by atoms with Crippen LogP contribution in [0.2, 0.25) is 0 Å². The van der Waals surface area contributed by atoms with Crippen molar-refractivity contribution in [3.8, 4) is 5.75 Å². The monoisotopic (exact) mass is 536 g/mol. The molecule has 6 nitrogen and oxygen atoms in total. The van der Waals surface area contributed by atoms with Crippen molar-refractivity contribution in [1.82, 2.24) is 15.5 Å². The second kappa shape index (κ2) is 14.8. The third-order valence-electron chi connectivity index (χ3n) is 4.80. The first-order valence-corrected chi connectivity index (χ1v) is 10.8. The Morgan fingerprint density at radius 1 is 1.23 bits per heavy atom. The molecule has 1 aliphatic heterocycles. The number of piperidine rings is 1. The largest absolute Gasteiger partial charge is 0.486 e. The van der Waals surface area contributed by atoms with Crippen molar-refractivity contribution >= 4 is 29.9 Å². The van der Waals surface area contributed by atoms with Gasteiger partial charge in [-0.3, -0.25) is 0 Å². The molecule has 1 aliphatic rings. The van der Waals surface area contributed by atoms with Crippen LogP contribution in [0.1, 0.15) is 40.5 Å². The average molecular weight is 536 g/mol. The predicted molar refractivity (Wildman–Crippen MR) is 132 cm³/mol. The fraction of sp³-hybridized carbons (Fsp3) is 0.682. The standard InChI is InChI=1S/C22H37FN4O2.HI/c1-5-24-22(25-16-18(4)29-21-9-7-6-8-20(21)23)26-19-10-12-27(13-11-19)14-15-28-17(2)3;/h6-9,17-19H,5,10-16H2,1-4H3,(H2,24,25,26);1H. The molecule has 1 atom stereocenters. The van der Waals surface area contributed by atoms with Crippen LogP contribution in [-0.2, 0) is 4.74 Å². The summed E-state index contributed by atoms with van der Waals surface area (Å²) < 4.78 is 25.1. The molecule has 0 bridgehead atoms. The van der Waals surface area contributed by atoms with Gasteiger partial charge in [-0.25, -0.2) is 9.38 Å². The fourth-order valence-electron chi connectivity index (χ4n) is 3.25. The number of ether oxygens (including phenoxy) is 2. The summed E-state index contributed by atoms with van der Waals surface area (Å²) >= 11 is 0. The summed E-state index contributed by atoms with van der Waals surface area (Å²) in [7, 11) is 0. The minimum atomic E-state index is -0.348. The van der Waals surface area contributed by atoms with E-state index in [1.54, 1.807) is 18.2 Å². The molecular formula is C22H38FIN4O2. The Bertz CT molecular complexity index is 625. The Labute approximate surface area is 198 Å². The lowest BCUT2D eigenvalue weighted by Gasteiger charge is -2.33. The molecular weight excluding hydrogens is 498 g/mol. The van der Waals surface area contributed by atoms with Gasteiger partial charge in [-0.05, 0) is 52.7 Å². The minimum Gasteiger partial charge on any atom is -0.486 e. The summed E-state index contributed by atoms with van der Waals surface area (Å²) in [4.78, 5) is 7.09. The summed E-state index contributed by atoms with van der Waals surface area (Å²) in [6.45, 7) is 13.2. The molecule has 30 heavy (non-hydrogen) atoms. The molecule has 172 valence electrons. The van der Waals surface area contributed by atoms with Gasteiger partial charge in [-0.2, -0.15) is 0 Å². The number of likely N-dealkylation sites (tertiary alicyclic amines) is 1. The first-order chi connectivity index (χ1) is 14.0. The third kappa shape index (κ3) is 10.3. The molecule has 0 spiro atoms. The summed E-state index contributed by atoms with van der Waals surface area (Å²) in [5, 5.41) is 6.83. The van der Waals surface area contributed by atoms with Gasteiger partial charge in [0.15, 0.2) is 17.5 Å². The van der Waals surface area contributed by atoms with Crippen molar-refractivity contribution in [2.75, 3.05) is 39.3 Å². The number of aliphatic imine (C=N–C) groups is 1. The minimum absolute atomic E-state index is 0. The molecule has 8 heteroatoms. The van der Waals surface area contributed by atoms with Crippen molar-refractivity contribution in [3.63, 3.8) is 0 Å². The van der Waals surface area contributed by atoms with E-state index in [0.29, 0.717) is 12.6 Å². The molecule has 0 saturated carbocycles. The Kier molecular flexibility index (Phi) is 13.3. The lowest BCUT2D eigenvalue weighted by atomic mass is 10.1. The van der Waals surface area contributed by atoms with Crippen molar-refractivity contribution < 1.29 is 13.9 Å². The third-order valence-corrected chi connectivity index (χ3v) is 4.80. The maximum absolute atomic E-state index is 13.7. The molecule has 1 aromatic rings. The van der Waals surface area contributed by atoms with Crippen LogP contribution < -0.4 is 15.4 Å². The molecule has 0 amide bonds. The summed E-state index contributed by atoms with van der Waals surface area (Å²) in [6, 6.07) is 6.86. The van der Waals surface area contributed by atoms with Gasteiger partial charge in [0.05, 0.1) is 19.3 Å². The number of halogens is 2. The molecule has 2 rings (SSSR count). The van der Waals surface area contributed by atoms with Gasteiger partial charge in [0, 0.05) is 32.2 Å². The van der Waals surface area contributed by atoms with Crippen molar-refractivity contribution in [2.45, 2.75) is 58.8 Å². The molecule has 0 radical (unpaired) electrons. The highest BCUT2D eigenvalue weighted by Crippen LogP contribution is 2.17. The van der Waals surface area contributed by atoms with E-state index in [2.05, 4.69) is 34.4 Å². The van der Waals surface area contributed by atoms with E-state index in [9.17, 15) is 4.39 Å². The zero-order chi connectivity index (χ0) is 21.1. The smallest absolute Gasteiger partial charge is 0.191 e. The molecule has 2 N–H and O–H groups in total. The van der Waals surface area contributed by atoms with Gasteiger partial charge in [-0.15, -0.1) is 24.0 Å². The number of hydrogen-bond acceptors (Lipinski definition) is 4. The van der Waals surface area contributed by atoms with E-state index in [-0.39, 0.29) is 47.8 Å². The Balaban J connectivity index is 0.00000450. The van der Waals surface area contributed by atoms with Crippen LogP contribution >= 0.6 is 24.0 Å². The average Bonchev–Trinajstić information content (AvgIpc) is 2.69. The summed E-state index contributed by atoms with van der Waals surface area (Å²) in [5.41, 5.74) is 0. The molecule has 1 fully saturated rings. The van der Waals surface area contributed by atoms with Crippen LogP contribution in [0, 0.1) is 5.82 Å². The number of benzene rings is 1. The normalized spacial score (nSPS) is 16.8. The van der Waals surface area contributed by atoms with Crippen LogP contribution in [0.3, 0.4) is 0 Å². The second-order valence-corrected chi connectivity index (χ2v) is 7.76. The Morgan fingerprint density at radius 2 is 1.93 bits per heavy atom. The van der Waals surface area contributed by atoms with Gasteiger partial charge in [0.1, 0.15) is 6.10 Å². The van der Waals surface area contributed by atoms with Crippen LogP contribution in [-0.4, -0.2) is 68.4 Å². The first kappa shape index (κ1) is 26.9. The molecule has 0 aliphatic carbocycles. The fourth-order valence-corrected chi connectivity index (χ4v) is 3.25. The molecule has 1 saturated heterocycles. The lowest BCUT2D eigenvalue weighted by Crippen LogP contribution is -2.49. The summed E-state index contributed by atoms with van der Waals surface area (Å²) in [6.07, 6.45) is 2.23. The van der Waals surface area contributed by atoms with E-state index in [1.165, 1.54) is 6.07 Å². The SMILES string of the molecule is CCNC(=NCC(C)Oc1ccccc1F)NC1CCN(CCOC(C)C)CC1.I. The highest BCUT2D eigenvalue weighted by atomic mass is 127. The highest BCUT2D eigenvalue weighted by molar-refractivity contribution is 14.0. The van der Waals surface area contributed by atoms with Crippen LogP contribution in [0.4, 0.5) is 4.39 Å². The number of nitrogens with zero attached hydrogens (tertiary/aromatic N) is 2. The molecule has 1 aromatic carbocycles. The quantitative estimate of drug-likeness (QED) is 0.272. The predicted octanol–water partition coefficient (Wildman–Crippen LogP) is 3.66. The molecule has 1 unspecified atom stereocenters. The van der Waals surface area contributed by atoms with Gasteiger partial charge in [-0.1, -0.05) is 12.1 Å². The van der Waals surface area contributed by atoms with Crippen molar-refractivity contribution in [1.29, 1.82) is 0 Å². The topological polar surface area (TPSA) is 58.1 Å². The maximum Gasteiger partial charge on any atom is 0.191 e. The van der Waals surface area contributed by atoms with Gasteiger partial charge >= 0.3 is 0 Å². The zero-order valence-electron chi connectivity index (χ0n) is 18.7. The maximum atomic E-state index is 13.7. The van der Waals surface area contributed by atoms with E-state index >= 15 is 0 Å². The number of nitrogens with one attached hydrogen (secondary N) is 2. The second-order valence-electron chi connectivity index (χ2n) is 7.76. The van der Waals surface area contributed by atoms with Crippen LogP contribution in [0.25, 0.3) is 0 Å². The summed E-state index contributed by atoms with van der Waals surface area (Å²) in [5.74, 6) is 0.707. The van der Waals surface area contributed by atoms with Gasteiger partial charge < -0.3 is 25.0 Å². The zero-order valence-corrected chi connectivity index (χ0v) is 21.0. The van der Waals surface area contributed by atoms with Gasteiger partial charge in [0.2, 0.25) is 0 Å². The highest BCUT2D eigenvalue weighted by Gasteiger charge is 2.20. The van der Waals surface area contributed by atoms with E-state index in [0.717, 1.165) is 51.6 Å². The molecule has 1 heterocycles. The van der Waals surface area contributed by atoms with E-state index in [1.807, 2.05) is 13.8 Å². The first-order valence-electron chi connectivity index (χ1n) is 10.8. The van der Waals surface area contributed by atoms with Crippen LogP contribution in [0.15, 0.2) is 29.3 Å². The van der Waals surface area contributed by atoms with E-state index < -0.39 is 0 Å². The van der Waals surface area contributed by atoms with Crippen molar-refractivity contribution in [3.05, 3.63) is 30.1 Å². The Morgan fingerprint density at radius 3 is 2.57 bits per heavy atom. The number of para-hydroxylation sites is 1. The van der Waals surface area contributed by atoms with Crippen molar-refractivity contribution in [2.24, 2.45) is 4.99 Å². The van der Waals surface area contributed by atoms with Crippen LogP contribution in [0.5, 0.6) is 5.75 Å². The number of hydrogen-bond donors (Lipinski definition) is 2. The Hall–Kier alpha value is -1.13. The lowest BCUT2D eigenvalue weighted by molar-refractivity contribution is 0.0532. The number of guanidine groups is 1. The number of rotatable bonds is 10. The van der Waals surface area contributed by atoms with Gasteiger partial charge in [0.25, 0.3) is 0 Å².